The van der Waals surface area contributed by atoms with E-state index in [4.69, 9.17) is 0 Å². The first-order chi connectivity index (χ1) is 11.5. The van der Waals surface area contributed by atoms with Crippen LogP contribution in [0, 0.1) is 13.8 Å². The maximum Gasteiger partial charge on any atom is 0.326 e. The second-order valence-corrected chi connectivity index (χ2v) is 6.12. The summed E-state index contributed by atoms with van der Waals surface area (Å²) < 4.78 is 0. The normalized spacial score (nSPS) is 11.8. The lowest BCUT2D eigenvalue weighted by atomic mass is 10.0. The molecule has 1 amide bonds. The maximum absolute atomic E-state index is 12.3. The van der Waals surface area contributed by atoms with Crippen LogP contribution in [0.15, 0.2) is 48.5 Å². The number of nitrogens with one attached hydrogen (secondary N) is 1. The summed E-state index contributed by atoms with van der Waals surface area (Å²) in [6.07, 6.45) is 1.90. The van der Waals surface area contributed by atoms with Gasteiger partial charge in [0, 0.05) is 5.56 Å². The first-order valence-electron chi connectivity index (χ1n) is 8.11. The van der Waals surface area contributed by atoms with Crippen molar-refractivity contribution in [3.05, 3.63) is 70.8 Å². The first-order valence-corrected chi connectivity index (χ1v) is 8.11. The smallest absolute Gasteiger partial charge is 0.326 e. The third-order valence-corrected chi connectivity index (χ3v) is 3.89. The van der Waals surface area contributed by atoms with Crippen LogP contribution in [0.1, 0.15) is 39.9 Å². The van der Waals surface area contributed by atoms with Crippen molar-refractivity contribution in [3.63, 3.8) is 0 Å². The van der Waals surface area contributed by atoms with E-state index in [1.807, 2.05) is 50.2 Å². The van der Waals surface area contributed by atoms with Crippen LogP contribution in [-0.4, -0.2) is 23.0 Å². The van der Waals surface area contributed by atoms with Gasteiger partial charge >= 0.3 is 5.97 Å². The standard InChI is InChI=1S/C20H23NO3/c1-14-11-15(2)13-17(12-14)19(22)21-18(20(23)24)10-6-9-16-7-4-3-5-8-16/h3-5,7-8,11-13,18H,6,9-10H2,1-2H3,(H,21,22)(H,23,24)/t18-/m0/s1. The number of hydrogen-bond donors (Lipinski definition) is 2. The van der Waals surface area contributed by atoms with Crippen molar-refractivity contribution in [2.45, 2.75) is 39.2 Å². The van der Waals surface area contributed by atoms with E-state index >= 15 is 0 Å². The van der Waals surface area contributed by atoms with Gasteiger partial charge in [-0.1, -0.05) is 47.5 Å². The van der Waals surface area contributed by atoms with E-state index in [-0.39, 0.29) is 5.91 Å². The molecule has 2 N–H and O–H groups in total. The van der Waals surface area contributed by atoms with E-state index in [2.05, 4.69) is 5.32 Å². The second-order valence-electron chi connectivity index (χ2n) is 6.12. The zero-order valence-corrected chi connectivity index (χ0v) is 14.1. The van der Waals surface area contributed by atoms with Crippen LogP contribution in [0.25, 0.3) is 0 Å². The summed E-state index contributed by atoms with van der Waals surface area (Å²) in [7, 11) is 0. The van der Waals surface area contributed by atoms with Crippen LogP contribution in [0.3, 0.4) is 0 Å². The summed E-state index contributed by atoms with van der Waals surface area (Å²) >= 11 is 0. The number of carbonyl (C=O) groups is 2. The number of amides is 1. The topological polar surface area (TPSA) is 66.4 Å². The minimum Gasteiger partial charge on any atom is -0.480 e. The molecule has 126 valence electrons. The Hall–Kier alpha value is -2.62. The van der Waals surface area contributed by atoms with Gasteiger partial charge in [0.15, 0.2) is 0 Å². The molecule has 0 aliphatic carbocycles. The molecule has 0 saturated carbocycles. The van der Waals surface area contributed by atoms with Crippen molar-refractivity contribution in [1.82, 2.24) is 5.32 Å². The van der Waals surface area contributed by atoms with Gasteiger partial charge in [0.1, 0.15) is 6.04 Å². The molecular weight excluding hydrogens is 302 g/mol. The lowest BCUT2D eigenvalue weighted by Crippen LogP contribution is -2.40. The molecule has 0 radical (unpaired) electrons. The molecule has 2 aromatic carbocycles. The zero-order valence-electron chi connectivity index (χ0n) is 14.1. The third kappa shape index (κ3) is 5.23. The predicted molar refractivity (Wildman–Crippen MR) is 94.2 cm³/mol. The largest absolute Gasteiger partial charge is 0.480 e. The second kappa shape index (κ2) is 8.29. The molecule has 0 spiro atoms. The van der Waals surface area contributed by atoms with Crippen molar-refractivity contribution in [3.8, 4) is 0 Å². The Morgan fingerprint density at radius 3 is 2.25 bits per heavy atom. The molecular formula is C20H23NO3. The van der Waals surface area contributed by atoms with E-state index in [1.165, 1.54) is 5.56 Å². The Kier molecular flexibility index (Phi) is 6.13. The van der Waals surface area contributed by atoms with Crippen molar-refractivity contribution in [1.29, 1.82) is 0 Å². The Labute approximate surface area is 142 Å². The summed E-state index contributed by atoms with van der Waals surface area (Å²) in [6, 6.07) is 14.6. The van der Waals surface area contributed by atoms with Gasteiger partial charge in [-0.05, 0) is 50.8 Å². The van der Waals surface area contributed by atoms with Crippen molar-refractivity contribution in [2.75, 3.05) is 0 Å². The average molecular weight is 325 g/mol. The molecule has 0 aromatic heterocycles. The average Bonchev–Trinajstić information content (AvgIpc) is 2.53. The van der Waals surface area contributed by atoms with E-state index in [9.17, 15) is 14.7 Å². The van der Waals surface area contributed by atoms with Crippen LogP contribution in [0.2, 0.25) is 0 Å². The fourth-order valence-corrected chi connectivity index (χ4v) is 2.76. The number of carbonyl (C=O) groups excluding carboxylic acids is 1. The SMILES string of the molecule is Cc1cc(C)cc(C(=O)N[C@@H](CCCc2ccccc2)C(=O)O)c1. The number of carboxylic acids is 1. The molecule has 0 aliphatic rings. The molecule has 2 rings (SSSR count). The minimum atomic E-state index is -0.999. The van der Waals surface area contributed by atoms with Gasteiger partial charge in [-0.2, -0.15) is 0 Å². The molecule has 0 aliphatic heterocycles. The minimum absolute atomic E-state index is 0.339. The Morgan fingerprint density at radius 1 is 1.04 bits per heavy atom. The van der Waals surface area contributed by atoms with Crippen molar-refractivity contribution < 1.29 is 14.7 Å². The molecule has 1 atom stereocenters. The quantitative estimate of drug-likeness (QED) is 0.818. The maximum atomic E-state index is 12.3. The van der Waals surface area contributed by atoms with Gasteiger partial charge in [0.05, 0.1) is 0 Å². The highest BCUT2D eigenvalue weighted by Crippen LogP contribution is 2.11. The lowest BCUT2D eigenvalue weighted by molar-refractivity contribution is -0.139. The Bertz CT molecular complexity index is 690. The lowest BCUT2D eigenvalue weighted by Gasteiger charge is -2.15. The number of aryl methyl sites for hydroxylation is 3. The highest BCUT2D eigenvalue weighted by molar-refractivity contribution is 5.96. The van der Waals surface area contributed by atoms with Crippen molar-refractivity contribution >= 4 is 11.9 Å². The number of benzene rings is 2. The van der Waals surface area contributed by atoms with Crippen LogP contribution in [-0.2, 0) is 11.2 Å². The third-order valence-electron chi connectivity index (χ3n) is 3.89. The fraction of sp³-hybridized carbons (Fsp3) is 0.300. The molecule has 4 heteroatoms. The van der Waals surface area contributed by atoms with Crippen LogP contribution < -0.4 is 5.32 Å². The fourth-order valence-electron chi connectivity index (χ4n) is 2.76. The summed E-state index contributed by atoms with van der Waals surface area (Å²) in [5.41, 5.74) is 3.64. The molecule has 0 unspecified atom stereocenters. The van der Waals surface area contributed by atoms with Gasteiger partial charge in [0.2, 0.25) is 0 Å². The summed E-state index contributed by atoms with van der Waals surface area (Å²) in [5, 5.41) is 12.0. The highest BCUT2D eigenvalue weighted by Gasteiger charge is 2.20. The van der Waals surface area contributed by atoms with Gasteiger partial charge in [-0.3, -0.25) is 4.79 Å². The van der Waals surface area contributed by atoms with E-state index in [0.717, 1.165) is 17.5 Å². The Morgan fingerprint density at radius 2 is 1.67 bits per heavy atom. The molecule has 0 bridgehead atoms. The monoisotopic (exact) mass is 325 g/mol. The van der Waals surface area contributed by atoms with Gasteiger partial charge < -0.3 is 10.4 Å². The molecule has 2 aromatic rings. The van der Waals surface area contributed by atoms with Crippen LogP contribution in [0.5, 0.6) is 0 Å². The van der Waals surface area contributed by atoms with Gasteiger partial charge in [0.25, 0.3) is 5.91 Å². The molecule has 0 heterocycles. The molecule has 0 saturated heterocycles. The Balaban J connectivity index is 1.95. The van der Waals surface area contributed by atoms with Gasteiger partial charge in [-0.25, -0.2) is 4.79 Å². The summed E-state index contributed by atoms with van der Waals surface area (Å²) in [6.45, 7) is 3.83. The van der Waals surface area contributed by atoms with Crippen molar-refractivity contribution in [2.24, 2.45) is 0 Å². The number of carboxylic acid groups (broad SMARTS) is 1. The zero-order chi connectivity index (χ0) is 17.5. The van der Waals surface area contributed by atoms with E-state index < -0.39 is 12.0 Å². The highest BCUT2D eigenvalue weighted by atomic mass is 16.4. The molecule has 4 nitrogen and oxygen atoms in total. The van der Waals surface area contributed by atoms with Gasteiger partial charge in [-0.15, -0.1) is 0 Å². The van der Waals surface area contributed by atoms with E-state index in [1.54, 1.807) is 12.1 Å². The summed E-state index contributed by atoms with van der Waals surface area (Å²) in [5.74, 6) is -1.34. The number of aliphatic carboxylic acids is 1. The number of rotatable bonds is 7. The van der Waals surface area contributed by atoms with E-state index in [0.29, 0.717) is 18.4 Å². The molecule has 0 fully saturated rings. The first kappa shape index (κ1) is 17.7. The summed E-state index contributed by atoms with van der Waals surface area (Å²) in [4.78, 5) is 23.8. The van der Waals surface area contributed by atoms with Crippen LogP contribution in [0.4, 0.5) is 0 Å². The van der Waals surface area contributed by atoms with Crippen LogP contribution >= 0.6 is 0 Å². The number of hydrogen-bond acceptors (Lipinski definition) is 2. The predicted octanol–water partition coefficient (Wildman–Crippen LogP) is 3.51. The molecule has 24 heavy (non-hydrogen) atoms.